The van der Waals surface area contributed by atoms with Crippen molar-refractivity contribution in [3.05, 3.63) is 41.9 Å². The average Bonchev–Trinajstić information content (AvgIpc) is 2.88. The van der Waals surface area contributed by atoms with Gasteiger partial charge < -0.3 is 4.98 Å². The molecule has 2 rings (SSSR count). The second-order valence-electron chi connectivity index (χ2n) is 5.09. The Bertz CT molecular complexity index is 675. The molecule has 2 aromatic rings. The first kappa shape index (κ1) is 15.6. The van der Waals surface area contributed by atoms with Crippen molar-refractivity contribution in [3.8, 4) is 0 Å². The molecule has 1 heterocycles. The number of sulfonamides is 1. The molecule has 114 valence electrons. The summed E-state index contributed by atoms with van der Waals surface area (Å²) >= 11 is 0. The fourth-order valence-corrected chi connectivity index (χ4v) is 3.09. The molecule has 0 saturated heterocycles. The zero-order valence-electron chi connectivity index (χ0n) is 12.4. The van der Waals surface area contributed by atoms with Crippen molar-refractivity contribution in [1.29, 1.82) is 0 Å². The van der Waals surface area contributed by atoms with Crippen molar-refractivity contribution in [2.45, 2.75) is 44.6 Å². The number of imidazole rings is 1. The van der Waals surface area contributed by atoms with Gasteiger partial charge in [0.05, 0.1) is 6.20 Å². The molecule has 0 amide bonds. The minimum absolute atomic E-state index is 0.0759. The fourth-order valence-electron chi connectivity index (χ4n) is 2.06. The average molecular weight is 307 g/mol. The highest BCUT2D eigenvalue weighted by atomic mass is 32.2. The number of nitrogens with zero attached hydrogens (tertiary/aromatic N) is 1. The van der Waals surface area contributed by atoms with Crippen LogP contribution in [0.15, 0.2) is 35.5 Å². The number of hydrogen-bond acceptors (Lipinski definition) is 3. The maximum absolute atomic E-state index is 12.1. The van der Waals surface area contributed by atoms with Gasteiger partial charge in [-0.05, 0) is 37.5 Å². The Hall–Kier alpha value is -1.82. The number of benzene rings is 1. The van der Waals surface area contributed by atoms with Crippen molar-refractivity contribution in [2.24, 2.45) is 0 Å². The van der Waals surface area contributed by atoms with Crippen LogP contribution in [0, 0.1) is 6.92 Å². The van der Waals surface area contributed by atoms with Gasteiger partial charge in [0.1, 0.15) is 5.82 Å². The van der Waals surface area contributed by atoms with Gasteiger partial charge in [-0.25, -0.2) is 4.98 Å². The molecule has 21 heavy (non-hydrogen) atoms. The van der Waals surface area contributed by atoms with Crippen LogP contribution in [0.4, 0.5) is 5.69 Å². The highest BCUT2D eigenvalue weighted by molar-refractivity contribution is 7.92. The number of nitrogens with one attached hydrogen (secondary N) is 2. The Morgan fingerprint density at radius 3 is 2.48 bits per heavy atom. The molecule has 0 unspecified atom stereocenters. The van der Waals surface area contributed by atoms with Crippen LogP contribution in [-0.4, -0.2) is 18.4 Å². The smallest absolute Gasteiger partial charge is 0.278 e. The predicted octanol–water partition coefficient (Wildman–Crippen LogP) is 3.25. The van der Waals surface area contributed by atoms with E-state index in [1.807, 2.05) is 12.1 Å². The van der Waals surface area contributed by atoms with Gasteiger partial charge in [0.15, 0.2) is 5.03 Å². The van der Waals surface area contributed by atoms with E-state index in [0.29, 0.717) is 11.5 Å². The molecule has 0 radical (unpaired) electrons. The van der Waals surface area contributed by atoms with E-state index in [4.69, 9.17) is 0 Å². The summed E-state index contributed by atoms with van der Waals surface area (Å²) in [6.07, 6.45) is 5.92. The number of aromatic nitrogens is 2. The van der Waals surface area contributed by atoms with Crippen LogP contribution in [0.3, 0.4) is 0 Å². The Morgan fingerprint density at radius 1 is 1.19 bits per heavy atom. The van der Waals surface area contributed by atoms with E-state index in [1.54, 1.807) is 19.1 Å². The van der Waals surface area contributed by atoms with Gasteiger partial charge in [-0.1, -0.05) is 31.9 Å². The second kappa shape index (κ2) is 6.76. The first-order chi connectivity index (χ1) is 10.0. The van der Waals surface area contributed by atoms with E-state index in [1.165, 1.54) is 24.6 Å². The third-order valence-corrected chi connectivity index (χ3v) is 4.54. The lowest BCUT2D eigenvalue weighted by atomic mass is 10.1. The van der Waals surface area contributed by atoms with E-state index < -0.39 is 10.0 Å². The number of unbranched alkanes of at least 4 members (excludes halogenated alkanes) is 2. The molecule has 0 aliphatic carbocycles. The highest BCUT2D eigenvalue weighted by Crippen LogP contribution is 2.16. The van der Waals surface area contributed by atoms with Crippen molar-refractivity contribution >= 4 is 15.7 Å². The molecule has 0 bridgehead atoms. The summed E-state index contributed by atoms with van der Waals surface area (Å²) in [4.78, 5) is 6.63. The van der Waals surface area contributed by atoms with Gasteiger partial charge in [-0.2, -0.15) is 8.42 Å². The van der Waals surface area contributed by atoms with Crippen molar-refractivity contribution in [3.63, 3.8) is 0 Å². The lowest BCUT2D eigenvalue weighted by Crippen LogP contribution is -2.13. The summed E-state index contributed by atoms with van der Waals surface area (Å²) in [6.45, 7) is 3.89. The van der Waals surface area contributed by atoms with Crippen LogP contribution in [0.25, 0.3) is 0 Å². The van der Waals surface area contributed by atoms with Crippen molar-refractivity contribution < 1.29 is 8.42 Å². The van der Waals surface area contributed by atoms with E-state index in [2.05, 4.69) is 21.6 Å². The number of aryl methyl sites for hydroxylation is 2. The molecule has 0 aliphatic rings. The number of H-pyrrole nitrogens is 1. The summed E-state index contributed by atoms with van der Waals surface area (Å²) in [5, 5.41) is 0.0759. The molecule has 2 N–H and O–H groups in total. The Balaban J connectivity index is 2.03. The van der Waals surface area contributed by atoms with E-state index in [-0.39, 0.29) is 5.03 Å². The maximum Gasteiger partial charge on any atom is 0.278 e. The standard InChI is InChI=1S/C15H21N3O2S/c1-3-4-5-6-13-7-9-14(10-8-13)18-21(19,20)15-11-16-12(2)17-15/h7-11,18H,3-6H2,1-2H3,(H,16,17). The highest BCUT2D eigenvalue weighted by Gasteiger charge is 2.16. The first-order valence-electron chi connectivity index (χ1n) is 7.14. The Morgan fingerprint density at radius 2 is 1.90 bits per heavy atom. The minimum atomic E-state index is -3.59. The van der Waals surface area contributed by atoms with Gasteiger partial charge in [-0.15, -0.1) is 0 Å². The number of hydrogen-bond donors (Lipinski definition) is 2. The van der Waals surface area contributed by atoms with Crippen molar-refractivity contribution in [1.82, 2.24) is 9.97 Å². The number of anilines is 1. The van der Waals surface area contributed by atoms with E-state index in [0.717, 1.165) is 12.8 Å². The first-order valence-corrected chi connectivity index (χ1v) is 8.63. The van der Waals surface area contributed by atoms with Gasteiger partial charge in [0, 0.05) is 5.69 Å². The summed E-state index contributed by atoms with van der Waals surface area (Å²) in [7, 11) is -3.59. The molecule has 0 spiro atoms. The Kier molecular flexibility index (Phi) is 5.01. The topological polar surface area (TPSA) is 74.8 Å². The molecule has 0 aliphatic heterocycles. The number of aromatic amines is 1. The zero-order valence-corrected chi connectivity index (χ0v) is 13.2. The SMILES string of the molecule is CCCCCc1ccc(NS(=O)(=O)c2cnc(C)[nH]2)cc1. The molecular formula is C15H21N3O2S. The van der Waals surface area contributed by atoms with Crippen LogP contribution in [0.1, 0.15) is 37.6 Å². The summed E-state index contributed by atoms with van der Waals surface area (Å²) in [5.41, 5.74) is 1.78. The van der Waals surface area contributed by atoms with Crippen LogP contribution in [0.2, 0.25) is 0 Å². The molecule has 1 aromatic carbocycles. The number of rotatable bonds is 7. The molecular weight excluding hydrogens is 286 g/mol. The largest absolute Gasteiger partial charge is 0.332 e. The lowest BCUT2D eigenvalue weighted by molar-refractivity contribution is 0.598. The minimum Gasteiger partial charge on any atom is -0.332 e. The molecule has 5 nitrogen and oxygen atoms in total. The quantitative estimate of drug-likeness (QED) is 0.771. The normalized spacial score (nSPS) is 11.5. The van der Waals surface area contributed by atoms with Gasteiger partial charge >= 0.3 is 0 Å². The summed E-state index contributed by atoms with van der Waals surface area (Å²) in [5.74, 6) is 0.571. The second-order valence-corrected chi connectivity index (χ2v) is 6.74. The third-order valence-electron chi connectivity index (χ3n) is 3.24. The maximum atomic E-state index is 12.1. The predicted molar refractivity (Wildman–Crippen MR) is 83.8 cm³/mol. The molecule has 6 heteroatoms. The fraction of sp³-hybridized carbons (Fsp3) is 0.400. The van der Waals surface area contributed by atoms with Crippen LogP contribution in [-0.2, 0) is 16.4 Å². The van der Waals surface area contributed by atoms with Gasteiger partial charge in [0.25, 0.3) is 10.0 Å². The van der Waals surface area contributed by atoms with Crippen LogP contribution in [0.5, 0.6) is 0 Å². The van der Waals surface area contributed by atoms with Crippen molar-refractivity contribution in [2.75, 3.05) is 4.72 Å². The third kappa shape index (κ3) is 4.32. The van der Waals surface area contributed by atoms with E-state index in [9.17, 15) is 8.42 Å². The van der Waals surface area contributed by atoms with Crippen LogP contribution >= 0.6 is 0 Å². The molecule has 0 saturated carbocycles. The molecule has 1 aromatic heterocycles. The zero-order chi connectivity index (χ0) is 15.3. The summed E-state index contributed by atoms with van der Waals surface area (Å²) < 4.78 is 26.8. The lowest BCUT2D eigenvalue weighted by Gasteiger charge is -2.07. The molecule has 0 atom stereocenters. The van der Waals surface area contributed by atoms with Crippen LogP contribution < -0.4 is 4.72 Å². The van der Waals surface area contributed by atoms with E-state index >= 15 is 0 Å². The summed E-state index contributed by atoms with van der Waals surface area (Å²) in [6, 6.07) is 7.52. The monoisotopic (exact) mass is 307 g/mol. The van der Waals surface area contributed by atoms with Gasteiger partial charge in [-0.3, -0.25) is 4.72 Å². The molecule has 0 fully saturated rings. The Labute approximate surface area is 125 Å². The van der Waals surface area contributed by atoms with Gasteiger partial charge in [0.2, 0.25) is 0 Å².